The van der Waals surface area contributed by atoms with Gasteiger partial charge in [0, 0.05) is 48.3 Å². The Labute approximate surface area is 264 Å². The molecule has 2 amide bonds. The Bertz CT molecular complexity index is 1800. The van der Waals surface area contributed by atoms with Crippen LogP contribution in [0.5, 0.6) is 0 Å². The lowest BCUT2D eigenvalue weighted by molar-refractivity contribution is -0.118. The Morgan fingerprint density at radius 3 is 2.11 bits per heavy atom. The summed E-state index contributed by atoms with van der Waals surface area (Å²) in [5.41, 5.74) is 4.47. The number of sulfonamides is 1. The molecule has 10 heteroatoms. The fraction of sp³-hybridized carbons (Fsp3) is 0.200. The molecule has 0 saturated carbocycles. The van der Waals surface area contributed by atoms with Gasteiger partial charge in [-0.3, -0.25) is 14.3 Å². The van der Waals surface area contributed by atoms with E-state index in [1.54, 1.807) is 48.3 Å². The van der Waals surface area contributed by atoms with Gasteiger partial charge in [-0.25, -0.2) is 8.42 Å². The third kappa shape index (κ3) is 7.25. The quantitative estimate of drug-likeness (QED) is 0.164. The van der Waals surface area contributed by atoms with Gasteiger partial charge in [0.05, 0.1) is 16.2 Å². The predicted octanol–water partition coefficient (Wildman–Crippen LogP) is 6.11. The first-order valence-corrected chi connectivity index (χ1v) is 16.4. The number of rotatable bonds is 12. The maximum absolute atomic E-state index is 13.4. The molecular weight excluding hydrogens is 586 g/mol. The lowest BCUT2D eigenvalue weighted by Gasteiger charge is -2.22. The molecule has 5 rings (SSSR count). The van der Waals surface area contributed by atoms with Crippen molar-refractivity contribution >= 4 is 55.9 Å². The fourth-order valence-electron chi connectivity index (χ4n) is 5.18. The summed E-state index contributed by atoms with van der Waals surface area (Å²) in [6, 6.07) is 30.0. The standard InChI is InChI=1S/C35H37N5O4S/c1-4-40(5-2)23-22-32(41)39(3)28-18-16-26(17-19-28)36-34(25-12-8-6-9-13-25)33-30-24-29(20-21-31(30)37-35(33)42)45(43,44)38-27-14-10-7-11-15-27/h6-21,24,36,38H,4-5,22-23H2,1-3H3,(H,37,42)/b34-33-. The molecule has 0 radical (unpaired) electrons. The average molecular weight is 624 g/mol. The summed E-state index contributed by atoms with van der Waals surface area (Å²) in [7, 11) is -2.16. The Kier molecular flexibility index (Phi) is 9.65. The number of fused-ring (bicyclic) bond motifs is 1. The Balaban J connectivity index is 1.46. The number of nitrogens with one attached hydrogen (secondary N) is 3. The van der Waals surface area contributed by atoms with E-state index in [1.165, 1.54) is 12.1 Å². The highest BCUT2D eigenvalue weighted by Crippen LogP contribution is 2.39. The third-order valence-corrected chi connectivity index (χ3v) is 9.20. The van der Waals surface area contributed by atoms with Gasteiger partial charge in [-0.05, 0) is 73.3 Å². The van der Waals surface area contributed by atoms with Crippen molar-refractivity contribution in [2.24, 2.45) is 0 Å². The third-order valence-electron chi connectivity index (χ3n) is 7.82. The Morgan fingerprint density at radius 2 is 1.47 bits per heavy atom. The van der Waals surface area contributed by atoms with Gasteiger partial charge in [-0.1, -0.05) is 62.4 Å². The zero-order chi connectivity index (χ0) is 32.0. The molecule has 0 aromatic heterocycles. The molecule has 3 N–H and O–H groups in total. The van der Waals surface area contributed by atoms with Crippen LogP contribution in [0.3, 0.4) is 0 Å². The van der Waals surface area contributed by atoms with Crippen LogP contribution in [-0.2, 0) is 19.6 Å². The lowest BCUT2D eigenvalue weighted by atomic mass is 10.00. The van der Waals surface area contributed by atoms with Gasteiger partial charge >= 0.3 is 0 Å². The molecule has 0 spiro atoms. The summed E-state index contributed by atoms with van der Waals surface area (Å²) in [5.74, 6) is -0.321. The Morgan fingerprint density at radius 1 is 0.822 bits per heavy atom. The summed E-state index contributed by atoms with van der Waals surface area (Å²) in [5, 5.41) is 6.28. The number of anilines is 4. The molecule has 1 heterocycles. The van der Waals surface area contributed by atoms with Crippen LogP contribution in [0.25, 0.3) is 11.3 Å². The molecule has 0 saturated heterocycles. The van der Waals surface area contributed by atoms with Crippen LogP contribution in [0, 0.1) is 0 Å². The molecule has 232 valence electrons. The number of nitrogens with zero attached hydrogens (tertiary/aromatic N) is 2. The molecule has 0 aliphatic carbocycles. The normalized spacial score (nSPS) is 13.6. The van der Waals surface area contributed by atoms with Crippen LogP contribution in [0.1, 0.15) is 31.4 Å². The number of carbonyl (C=O) groups is 2. The van der Waals surface area contributed by atoms with Crippen molar-refractivity contribution in [1.29, 1.82) is 0 Å². The highest BCUT2D eigenvalue weighted by molar-refractivity contribution is 7.92. The second kappa shape index (κ2) is 13.8. The smallest absolute Gasteiger partial charge is 0.261 e. The van der Waals surface area contributed by atoms with Crippen molar-refractivity contribution in [3.63, 3.8) is 0 Å². The van der Waals surface area contributed by atoms with E-state index >= 15 is 0 Å². The predicted molar refractivity (Wildman–Crippen MR) is 181 cm³/mol. The van der Waals surface area contributed by atoms with Gasteiger partial charge < -0.3 is 20.4 Å². The van der Waals surface area contributed by atoms with Crippen molar-refractivity contribution in [3.8, 4) is 0 Å². The lowest BCUT2D eigenvalue weighted by Crippen LogP contribution is -2.32. The van der Waals surface area contributed by atoms with E-state index in [0.717, 1.165) is 24.3 Å². The molecule has 9 nitrogen and oxygen atoms in total. The van der Waals surface area contributed by atoms with Gasteiger partial charge in [-0.2, -0.15) is 0 Å². The monoisotopic (exact) mass is 623 g/mol. The Hall–Kier alpha value is -4.93. The van der Waals surface area contributed by atoms with Gasteiger partial charge in [0.1, 0.15) is 0 Å². The second-order valence-electron chi connectivity index (χ2n) is 10.7. The minimum absolute atomic E-state index is 0.0291. The number of hydrogen-bond acceptors (Lipinski definition) is 6. The highest BCUT2D eigenvalue weighted by Gasteiger charge is 2.30. The first-order valence-electron chi connectivity index (χ1n) is 14.9. The van der Waals surface area contributed by atoms with Gasteiger partial charge in [0.2, 0.25) is 5.91 Å². The van der Waals surface area contributed by atoms with Crippen molar-refractivity contribution < 1.29 is 18.0 Å². The van der Waals surface area contributed by atoms with Gasteiger partial charge in [0.25, 0.3) is 15.9 Å². The van der Waals surface area contributed by atoms with Crippen molar-refractivity contribution in [2.75, 3.05) is 46.9 Å². The number of benzene rings is 4. The van der Waals surface area contributed by atoms with E-state index < -0.39 is 10.0 Å². The topological polar surface area (TPSA) is 111 Å². The summed E-state index contributed by atoms with van der Waals surface area (Å²) in [4.78, 5) is 30.2. The summed E-state index contributed by atoms with van der Waals surface area (Å²) in [6.45, 7) is 6.67. The highest BCUT2D eigenvalue weighted by atomic mass is 32.2. The first kappa shape index (κ1) is 31.5. The van der Waals surface area contributed by atoms with E-state index in [-0.39, 0.29) is 16.7 Å². The molecule has 0 fully saturated rings. The molecule has 4 aromatic carbocycles. The van der Waals surface area contributed by atoms with Crippen LogP contribution in [0.2, 0.25) is 0 Å². The van der Waals surface area contributed by atoms with E-state index in [2.05, 4.69) is 34.1 Å². The van der Waals surface area contributed by atoms with E-state index in [1.807, 2.05) is 54.6 Å². The van der Waals surface area contributed by atoms with Crippen LogP contribution in [-0.4, -0.2) is 51.8 Å². The molecule has 4 aromatic rings. The first-order chi connectivity index (χ1) is 21.7. The molecule has 1 aliphatic rings. The number of amides is 2. The fourth-order valence-corrected chi connectivity index (χ4v) is 6.27. The second-order valence-corrected chi connectivity index (χ2v) is 12.3. The van der Waals surface area contributed by atoms with Crippen molar-refractivity contribution in [1.82, 2.24) is 4.90 Å². The molecule has 1 aliphatic heterocycles. The van der Waals surface area contributed by atoms with Crippen LogP contribution in [0.4, 0.5) is 22.7 Å². The van der Waals surface area contributed by atoms with Crippen molar-refractivity contribution in [2.45, 2.75) is 25.2 Å². The molecule has 45 heavy (non-hydrogen) atoms. The van der Waals surface area contributed by atoms with Crippen LogP contribution in [0.15, 0.2) is 108 Å². The van der Waals surface area contributed by atoms with Crippen LogP contribution < -0.4 is 20.3 Å². The molecular formula is C35H37N5O4S. The van der Waals surface area contributed by atoms with E-state index in [4.69, 9.17) is 0 Å². The maximum atomic E-state index is 13.4. The zero-order valence-electron chi connectivity index (χ0n) is 25.6. The minimum Gasteiger partial charge on any atom is -0.354 e. The number of carbonyl (C=O) groups excluding carboxylic acids is 2. The number of para-hydroxylation sites is 1. The van der Waals surface area contributed by atoms with Gasteiger partial charge in [-0.15, -0.1) is 0 Å². The van der Waals surface area contributed by atoms with Crippen molar-refractivity contribution in [3.05, 3.63) is 114 Å². The summed E-state index contributed by atoms with van der Waals surface area (Å²) < 4.78 is 29.2. The van der Waals surface area contributed by atoms with E-state index in [9.17, 15) is 18.0 Å². The zero-order valence-corrected chi connectivity index (χ0v) is 26.4. The molecule has 0 unspecified atom stereocenters. The average Bonchev–Trinajstić information content (AvgIpc) is 3.39. The molecule has 0 bridgehead atoms. The minimum atomic E-state index is -3.92. The molecule has 0 atom stereocenters. The van der Waals surface area contributed by atoms with Gasteiger partial charge in [0.15, 0.2) is 0 Å². The summed E-state index contributed by atoms with van der Waals surface area (Å²) in [6.07, 6.45) is 0.426. The van der Waals surface area contributed by atoms with Crippen LogP contribution >= 0.6 is 0 Å². The number of hydrogen-bond donors (Lipinski definition) is 3. The maximum Gasteiger partial charge on any atom is 0.261 e. The SMILES string of the molecule is CCN(CC)CCC(=O)N(C)c1ccc(N/C(=C2\C(=O)Nc3ccc(S(=O)(=O)Nc4ccccc4)cc32)c2ccccc2)cc1. The summed E-state index contributed by atoms with van der Waals surface area (Å²) >= 11 is 0. The van der Waals surface area contributed by atoms with E-state index in [0.29, 0.717) is 46.9 Å². The largest absolute Gasteiger partial charge is 0.354 e.